The summed E-state index contributed by atoms with van der Waals surface area (Å²) in [5.41, 5.74) is 1.25. The number of nitrogens with zero attached hydrogens (tertiary/aromatic N) is 2. The van der Waals surface area contributed by atoms with E-state index in [1.807, 2.05) is 0 Å². The number of hydrogen-bond donors (Lipinski definition) is 1. The minimum Gasteiger partial charge on any atom is -0.373 e. The van der Waals surface area contributed by atoms with Crippen LogP contribution in [0.2, 0.25) is 0 Å². The highest BCUT2D eigenvalue weighted by atomic mass is 32.2. The molecule has 0 atom stereocenters. The lowest BCUT2D eigenvalue weighted by Gasteiger charge is -2.19. The van der Waals surface area contributed by atoms with Crippen LogP contribution >= 0.6 is 0 Å². The fraction of sp³-hybridized carbons (Fsp3) is 0.214. The number of pyridine rings is 1. The van der Waals surface area contributed by atoms with Gasteiger partial charge >= 0.3 is 0 Å². The van der Waals surface area contributed by atoms with Crippen LogP contribution in [0.15, 0.2) is 41.4 Å². The fourth-order valence-electron chi connectivity index (χ4n) is 2.41. The molecule has 5 nitrogen and oxygen atoms in total. The standard InChI is InChI=1S/C14H14FN3O2S/c1-16-14-9-12(4-6-17-14)21(19,20)18-7-5-10-2-3-11(15)8-13(10)18/h2-4,6,8-9H,5,7H2,1H3,(H,16,17). The number of halogens is 1. The van der Waals surface area contributed by atoms with Crippen LogP contribution in [0.1, 0.15) is 5.56 Å². The molecule has 1 aromatic heterocycles. The molecular formula is C14H14FN3O2S. The van der Waals surface area contributed by atoms with E-state index < -0.39 is 15.8 Å². The molecule has 1 N–H and O–H groups in total. The topological polar surface area (TPSA) is 62.3 Å². The second kappa shape index (κ2) is 5.00. The first-order valence-corrected chi connectivity index (χ1v) is 7.91. The molecular weight excluding hydrogens is 293 g/mol. The summed E-state index contributed by atoms with van der Waals surface area (Å²) in [6, 6.07) is 7.15. The number of hydrogen-bond acceptors (Lipinski definition) is 4. The van der Waals surface area contributed by atoms with E-state index in [4.69, 9.17) is 0 Å². The van der Waals surface area contributed by atoms with Crippen molar-refractivity contribution in [1.82, 2.24) is 4.98 Å². The van der Waals surface area contributed by atoms with Crippen LogP contribution in [0, 0.1) is 5.82 Å². The normalized spacial score (nSPS) is 14.1. The van der Waals surface area contributed by atoms with E-state index in [2.05, 4.69) is 10.3 Å². The van der Waals surface area contributed by atoms with Crippen molar-refractivity contribution in [2.75, 3.05) is 23.2 Å². The molecule has 0 amide bonds. The number of rotatable bonds is 3. The van der Waals surface area contributed by atoms with Gasteiger partial charge in [0.1, 0.15) is 11.6 Å². The number of fused-ring (bicyclic) bond motifs is 1. The smallest absolute Gasteiger partial charge is 0.264 e. The number of anilines is 2. The van der Waals surface area contributed by atoms with Crippen LogP contribution in [0.25, 0.3) is 0 Å². The summed E-state index contributed by atoms with van der Waals surface area (Å²) in [5, 5.41) is 2.80. The molecule has 110 valence electrons. The maximum atomic E-state index is 13.4. The third-order valence-corrected chi connectivity index (χ3v) is 5.29. The van der Waals surface area contributed by atoms with Crippen LogP contribution in [-0.4, -0.2) is 27.0 Å². The van der Waals surface area contributed by atoms with E-state index in [0.29, 0.717) is 24.5 Å². The monoisotopic (exact) mass is 307 g/mol. The molecule has 1 aromatic carbocycles. The molecule has 0 saturated carbocycles. The van der Waals surface area contributed by atoms with Crippen molar-refractivity contribution < 1.29 is 12.8 Å². The number of nitrogens with one attached hydrogen (secondary N) is 1. The van der Waals surface area contributed by atoms with Gasteiger partial charge in [-0.15, -0.1) is 0 Å². The first-order valence-electron chi connectivity index (χ1n) is 6.47. The van der Waals surface area contributed by atoms with E-state index in [1.165, 1.54) is 34.8 Å². The molecule has 0 bridgehead atoms. The predicted octanol–water partition coefficient (Wildman–Crippen LogP) is 2.01. The third kappa shape index (κ3) is 2.33. The van der Waals surface area contributed by atoms with Crippen molar-refractivity contribution in [2.24, 2.45) is 0 Å². The molecule has 0 saturated heterocycles. The van der Waals surface area contributed by atoms with Gasteiger partial charge in [-0.25, -0.2) is 17.8 Å². The van der Waals surface area contributed by atoms with Gasteiger partial charge in [-0.2, -0.15) is 0 Å². The largest absolute Gasteiger partial charge is 0.373 e. The Morgan fingerprint density at radius 2 is 2.10 bits per heavy atom. The minimum absolute atomic E-state index is 0.138. The summed E-state index contributed by atoms with van der Waals surface area (Å²) in [5.74, 6) is 0.0243. The number of benzene rings is 1. The Kier molecular flexibility index (Phi) is 3.29. The van der Waals surface area contributed by atoms with Gasteiger partial charge in [0.15, 0.2) is 0 Å². The highest BCUT2D eigenvalue weighted by Gasteiger charge is 2.31. The molecule has 1 aliphatic heterocycles. The SMILES string of the molecule is CNc1cc(S(=O)(=O)N2CCc3ccc(F)cc32)ccn1. The average molecular weight is 307 g/mol. The zero-order valence-electron chi connectivity index (χ0n) is 11.4. The van der Waals surface area contributed by atoms with Gasteiger partial charge in [0.05, 0.1) is 10.6 Å². The molecule has 2 heterocycles. The van der Waals surface area contributed by atoms with Gasteiger partial charge in [0.25, 0.3) is 10.0 Å². The van der Waals surface area contributed by atoms with Crippen molar-refractivity contribution in [3.05, 3.63) is 47.9 Å². The summed E-state index contributed by atoms with van der Waals surface area (Å²) in [4.78, 5) is 4.14. The molecule has 0 aliphatic carbocycles. The summed E-state index contributed by atoms with van der Waals surface area (Å²) < 4.78 is 40.1. The van der Waals surface area contributed by atoms with Gasteiger partial charge in [-0.05, 0) is 30.2 Å². The lowest BCUT2D eigenvalue weighted by atomic mass is 10.2. The average Bonchev–Trinajstić information content (AvgIpc) is 2.91. The lowest BCUT2D eigenvalue weighted by molar-refractivity contribution is 0.592. The zero-order valence-corrected chi connectivity index (χ0v) is 12.2. The van der Waals surface area contributed by atoms with Gasteiger partial charge < -0.3 is 5.32 Å². The number of sulfonamides is 1. The molecule has 21 heavy (non-hydrogen) atoms. The summed E-state index contributed by atoms with van der Waals surface area (Å²) in [6.07, 6.45) is 2.01. The van der Waals surface area contributed by atoms with E-state index in [-0.39, 0.29) is 4.90 Å². The van der Waals surface area contributed by atoms with Crippen LogP contribution in [0.3, 0.4) is 0 Å². The fourth-order valence-corrected chi connectivity index (χ4v) is 3.92. The molecule has 0 spiro atoms. The van der Waals surface area contributed by atoms with Crippen LogP contribution in [0.4, 0.5) is 15.9 Å². The van der Waals surface area contributed by atoms with Crippen LogP contribution in [0.5, 0.6) is 0 Å². The summed E-state index contributed by atoms with van der Waals surface area (Å²) in [6.45, 7) is 0.318. The predicted molar refractivity (Wildman–Crippen MR) is 78.4 cm³/mol. The number of aromatic nitrogens is 1. The first kappa shape index (κ1) is 13.8. The van der Waals surface area contributed by atoms with Gasteiger partial charge in [0, 0.05) is 25.9 Å². The lowest BCUT2D eigenvalue weighted by Crippen LogP contribution is -2.29. The maximum Gasteiger partial charge on any atom is 0.264 e. The van der Waals surface area contributed by atoms with E-state index in [9.17, 15) is 12.8 Å². The third-order valence-electron chi connectivity index (χ3n) is 3.48. The highest BCUT2D eigenvalue weighted by Crippen LogP contribution is 2.33. The van der Waals surface area contributed by atoms with E-state index in [1.54, 1.807) is 13.1 Å². The van der Waals surface area contributed by atoms with Gasteiger partial charge in [-0.3, -0.25) is 4.31 Å². The second-order valence-corrected chi connectivity index (χ2v) is 6.59. The molecule has 0 fully saturated rings. The Bertz CT molecular complexity index is 793. The molecule has 2 aromatic rings. The Labute approximate surface area is 122 Å². The van der Waals surface area contributed by atoms with Gasteiger partial charge in [-0.1, -0.05) is 6.07 Å². The van der Waals surface area contributed by atoms with Crippen molar-refractivity contribution in [3.63, 3.8) is 0 Å². The van der Waals surface area contributed by atoms with Crippen LogP contribution < -0.4 is 9.62 Å². The minimum atomic E-state index is -3.71. The molecule has 3 rings (SSSR count). The van der Waals surface area contributed by atoms with Gasteiger partial charge in [0.2, 0.25) is 0 Å². The Morgan fingerprint density at radius 1 is 1.29 bits per heavy atom. The van der Waals surface area contributed by atoms with Crippen molar-refractivity contribution in [3.8, 4) is 0 Å². The molecule has 0 radical (unpaired) electrons. The van der Waals surface area contributed by atoms with E-state index in [0.717, 1.165) is 5.56 Å². The zero-order chi connectivity index (χ0) is 15.0. The Morgan fingerprint density at radius 3 is 2.86 bits per heavy atom. The quantitative estimate of drug-likeness (QED) is 0.942. The van der Waals surface area contributed by atoms with Crippen molar-refractivity contribution >= 4 is 21.5 Å². The molecule has 1 aliphatic rings. The summed E-state index contributed by atoms with van der Waals surface area (Å²) in [7, 11) is -2.05. The Hall–Kier alpha value is -2.15. The Balaban J connectivity index is 2.06. The maximum absolute atomic E-state index is 13.4. The van der Waals surface area contributed by atoms with Crippen molar-refractivity contribution in [2.45, 2.75) is 11.3 Å². The van der Waals surface area contributed by atoms with Crippen molar-refractivity contribution in [1.29, 1.82) is 0 Å². The molecule has 7 heteroatoms. The molecule has 0 unspecified atom stereocenters. The van der Waals surface area contributed by atoms with E-state index >= 15 is 0 Å². The highest BCUT2D eigenvalue weighted by molar-refractivity contribution is 7.92. The second-order valence-electron chi connectivity index (χ2n) is 4.73. The summed E-state index contributed by atoms with van der Waals surface area (Å²) >= 11 is 0. The first-order chi connectivity index (χ1) is 10.0. The van der Waals surface area contributed by atoms with Crippen LogP contribution in [-0.2, 0) is 16.4 Å².